The van der Waals surface area contributed by atoms with Crippen molar-refractivity contribution in [3.63, 3.8) is 0 Å². The number of rotatable bonds is 9. The van der Waals surface area contributed by atoms with Crippen molar-refractivity contribution in [2.24, 2.45) is 5.92 Å². The first-order valence-corrected chi connectivity index (χ1v) is 11.8. The summed E-state index contributed by atoms with van der Waals surface area (Å²) in [5.41, 5.74) is 0. The molecular formula is C23H41N5. The molecule has 1 aromatic rings. The van der Waals surface area contributed by atoms with Crippen molar-refractivity contribution < 1.29 is 0 Å². The second kappa shape index (κ2) is 11.6. The largest absolute Gasteiger partial charge is 0.356 e. The molecule has 158 valence electrons. The van der Waals surface area contributed by atoms with Crippen molar-refractivity contribution in [2.45, 2.75) is 84.1 Å². The lowest BCUT2D eigenvalue weighted by atomic mass is 9.97. The van der Waals surface area contributed by atoms with E-state index in [2.05, 4.69) is 40.0 Å². The van der Waals surface area contributed by atoms with E-state index in [1.54, 1.807) is 0 Å². The lowest BCUT2D eigenvalue weighted by Crippen LogP contribution is -2.44. The molecule has 2 atom stereocenters. The number of nitrogens with zero attached hydrogens (tertiary/aromatic N) is 4. The molecule has 2 unspecified atom stereocenters. The Kier molecular flexibility index (Phi) is 8.84. The van der Waals surface area contributed by atoms with Crippen LogP contribution >= 0.6 is 0 Å². The molecule has 3 heterocycles. The Morgan fingerprint density at radius 3 is 2.68 bits per heavy atom. The summed E-state index contributed by atoms with van der Waals surface area (Å²) in [6.07, 6.45) is 15.0. The third-order valence-corrected chi connectivity index (χ3v) is 6.47. The monoisotopic (exact) mass is 387 g/mol. The lowest BCUT2D eigenvalue weighted by molar-refractivity contribution is 0.178. The van der Waals surface area contributed by atoms with Gasteiger partial charge in [-0.3, -0.25) is 0 Å². The molecule has 5 nitrogen and oxygen atoms in total. The predicted molar refractivity (Wildman–Crippen MR) is 119 cm³/mol. The summed E-state index contributed by atoms with van der Waals surface area (Å²) < 4.78 is 0. The number of likely N-dealkylation sites (tertiary alicyclic amines) is 1. The summed E-state index contributed by atoms with van der Waals surface area (Å²) in [5.74, 6) is 2.76. The molecule has 28 heavy (non-hydrogen) atoms. The summed E-state index contributed by atoms with van der Waals surface area (Å²) in [5, 5.41) is 3.65. The van der Waals surface area contributed by atoms with E-state index < -0.39 is 0 Å². The molecule has 0 amide bonds. The zero-order chi connectivity index (χ0) is 19.6. The average molecular weight is 388 g/mol. The van der Waals surface area contributed by atoms with Crippen LogP contribution in [0.2, 0.25) is 0 Å². The van der Waals surface area contributed by atoms with Gasteiger partial charge >= 0.3 is 0 Å². The maximum absolute atomic E-state index is 4.86. The minimum atomic E-state index is 0.469. The number of hydrogen-bond acceptors (Lipinski definition) is 5. The molecule has 0 radical (unpaired) electrons. The van der Waals surface area contributed by atoms with Crippen LogP contribution < -0.4 is 10.2 Å². The van der Waals surface area contributed by atoms with Crippen molar-refractivity contribution in [3.05, 3.63) is 12.3 Å². The minimum Gasteiger partial charge on any atom is -0.356 e. The third kappa shape index (κ3) is 6.61. The summed E-state index contributed by atoms with van der Waals surface area (Å²) in [6.45, 7) is 10.5. The highest BCUT2D eigenvalue weighted by Crippen LogP contribution is 2.21. The van der Waals surface area contributed by atoms with Crippen molar-refractivity contribution in [1.29, 1.82) is 0 Å². The standard InChI is InChI=1S/C23H41N5/c1-3-5-11-20(4-2)18-27-15-10-12-21(19-27)25-23-24-14-13-22(26-23)28-16-8-6-7-9-17-28/h13-14,20-21H,3-12,15-19H2,1-2H3,(H,24,25,26). The Bertz CT molecular complexity index is 556. The quantitative estimate of drug-likeness (QED) is 0.649. The van der Waals surface area contributed by atoms with Crippen molar-refractivity contribution in [1.82, 2.24) is 14.9 Å². The number of piperidine rings is 1. The fourth-order valence-electron chi connectivity index (χ4n) is 4.70. The van der Waals surface area contributed by atoms with E-state index in [1.165, 1.54) is 77.3 Å². The Labute approximate surface area is 172 Å². The van der Waals surface area contributed by atoms with E-state index in [4.69, 9.17) is 4.98 Å². The smallest absolute Gasteiger partial charge is 0.224 e. The van der Waals surface area contributed by atoms with Gasteiger partial charge in [0.25, 0.3) is 0 Å². The normalized spacial score (nSPS) is 22.6. The van der Waals surface area contributed by atoms with E-state index in [1.807, 2.05) is 6.20 Å². The first-order valence-electron chi connectivity index (χ1n) is 11.8. The molecular weight excluding hydrogens is 346 g/mol. The van der Waals surface area contributed by atoms with Gasteiger partial charge in [0.2, 0.25) is 5.95 Å². The van der Waals surface area contributed by atoms with Gasteiger partial charge in [0.15, 0.2) is 0 Å². The molecule has 2 fully saturated rings. The second-order valence-electron chi connectivity index (χ2n) is 8.80. The molecule has 0 aromatic carbocycles. The van der Waals surface area contributed by atoms with Crippen LogP contribution in [0, 0.1) is 5.92 Å². The van der Waals surface area contributed by atoms with Gasteiger partial charge in [-0.05, 0) is 50.6 Å². The van der Waals surface area contributed by atoms with Gasteiger partial charge < -0.3 is 15.1 Å². The van der Waals surface area contributed by atoms with E-state index in [-0.39, 0.29) is 0 Å². The highest BCUT2D eigenvalue weighted by molar-refractivity contribution is 5.43. The topological polar surface area (TPSA) is 44.3 Å². The van der Waals surface area contributed by atoms with Crippen LogP contribution in [0.3, 0.4) is 0 Å². The Morgan fingerprint density at radius 2 is 1.93 bits per heavy atom. The zero-order valence-corrected chi connectivity index (χ0v) is 18.2. The molecule has 5 heteroatoms. The van der Waals surface area contributed by atoms with Crippen LogP contribution in [0.1, 0.15) is 78.1 Å². The Balaban J connectivity index is 1.53. The average Bonchev–Trinajstić information content (AvgIpc) is 3.01. The van der Waals surface area contributed by atoms with Crippen molar-refractivity contribution in [2.75, 3.05) is 42.9 Å². The highest BCUT2D eigenvalue weighted by atomic mass is 15.2. The molecule has 3 rings (SSSR count). The molecule has 2 aliphatic rings. The van der Waals surface area contributed by atoms with E-state index in [9.17, 15) is 0 Å². The molecule has 0 bridgehead atoms. The van der Waals surface area contributed by atoms with Gasteiger partial charge in [0.05, 0.1) is 0 Å². The van der Waals surface area contributed by atoms with Crippen molar-refractivity contribution >= 4 is 11.8 Å². The second-order valence-corrected chi connectivity index (χ2v) is 8.80. The number of hydrogen-bond donors (Lipinski definition) is 1. The molecule has 1 N–H and O–H groups in total. The minimum absolute atomic E-state index is 0.469. The van der Waals surface area contributed by atoms with Gasteiger partial charge in [-0.1, -0.05) is 46.0 Å². The SMILES string of the molecule is CCCCC(CC)CN1CCCC(Nc2nccc(N3CCCCCC3)n2)C1. The lowest BCUT2D eigenvalue weighted by Gasteiger charge is -2.35. The number of nitrogens with one attached hydrogen (secondary N) is 1. The van der Waals surface area contributed by atoms with Crippen molar-refractivity contribution in [3.8, 4) is 0 Å². The Morgan fingerprint density at radius 1 is 1.11 bits per heavy atom. The van der Waals surface area contributed by atoms with Crippen LogP contribution in [-0.4, -0.2) is 53.6 Å². The van der Waals surface area contributed by atoms with Crippen LogP contribution in [0.4, 0.5) is 11.8 Å². The fourth-order valence-corrected chi connectivity index (χ4v) is 4.70. The molecule has 0 aliphatic carbocycles. The summed E-state index contributed by atoms with van der Waals surface area (Å²) in [4.78, 5) is 14.5. The number of anilines is 2. The molecule has 0 saturated carbocycles. The molecule has 0 spiro atoms. The van der Waals surface area contributed by atoms with Gasteiger partial charge in [0, 0.05) is 38.4 Å². The van der Waals surface area contributed by atoms with Crippen LogP contribution in [0.25, 0.3) is 0 Å². The summed E-state index contributed by atoms with van der Waals surface area (Å²) in [7, 11) is 0. The van der Waals surface area contributed by atoms with E-state index >= 15 is 0 Å². The predicted octanol–water partition coefficient (Wildman–Crippen LogP) is 4.95. The Hall–Kier alpha value is -1.36. The van der Waals surface area contributed by atoms with Crippen LogP contribution in [-0.2, 0) is 0 Å². The highest BCUT2D eigenvalue weighted by Gasteiger charge is 2.22. The molecule has 1 aromatic heterocycles. The molecule has 2 saturated heterocycles. The van der Waals surface area contributed by atoms with Gasteiger partial charge in [-0.2, -0.15) is 4.98 Å². The van der Waals surface area contributed by atoms with Gasteiger partial charge in [0.1, 0.15) is 5.82 Å². The first kappa shape index (κ1) is 21.4. The van der Waals surface area contributed by atoms with Gasteiger partial charge in [-0.15, -0.1) is 0 Å². The summed E-state index contributed by atoms with van der Waals surface area (Å²) in [6, 6.07) is 2.54. The number of aromatic nitrogens is 2. The van der Waals surface area contributed by atoms with E-state index in [0.717, 1.165) is 37.3 Å². The first-order chi connectivity index (χ1) is 13.8. The van der Waals surface area contributed by atoms with Gasteiger partial charge in [-0.25, -0.2) is 4.98 Å². The van der Waals surface area contributed by atoms with Crippen LogP contribution in [0.5, 0.6) is 0 Å². The summed E-state index contributed by atoms with van der Waals surface area (Å²) >= 11 is 0. The third-order valence-electron chi connectivity index (χ3n) is 6.47. The number of unbranched alkanes of at least 4 members (excludes halogenated alkanes) is 1. The van der Waals surface area contributed by atoms with E-state index in [0.29, 0.717) is 6.04 Å². The zero-order valence-electron chi connectivity index (χ0n) is 18.2. The maximum atomic E-state index is 4.86. The maximum Gasteiger partial charge on any atom is 0.224 e. The fraction of sp³-hybridized carbons (Fsp3) is 0.826. The molecule has 2 aliphatic heterocycles. The van der Waals surface area contributed by atoms with Crippen LogP contribution in [0.15, 0.2) is 12.3 Å².